The molecular formula is C13H18FN5O3S. The SMILES string of the molecule is CC(C)Sc1nn([C@@H]2O[C@H](CO)[C@@H](O)C2F)c2ncnc(N)c12. The predicted octanol–water partition coefficient (Wildman–Crippen LogP) is 0.498. The molecule has 2 aromatic heterocycles. The quantitative estimate of drug-likeness (QED) is 0.687. The number of nitrogens with zero attached hydrogens (tertiary/aromatic N) is 4. The van der Waals surface area contributed by atoms with Crippen molar-refractivity contribution in [1.29, 1.82) is 0 Å². The summed E-state index contributed by atoms with van der Waals surface area (Å²) in [4.78, 5) is 8.09. The first-order valence-electron chi connectivity index (χ1n) is 7.17. The van der Waals surface area contributed by atoms with Crippen LogP contribution >= 0.6 is 11.8 Å². The summed E-state index contributed by atoms with van der Waals surface area (Å²) < 4.78 is 21.0. The van der Waals surface area contributed by atoms with Gasteiger partial charge in [0.25, 0.3) is 0 Å². The van der Waals surface area contributed by atoms with Crippen LogP contribution in [0.1, 0.15) is 20.1 Å². The van der Waals surface area contributed by atoms with E-state index >= 15 is 0 Å². The molecule has 10 heteroatoms. The fourth-order valence-corrected chi connectivity index (χ4v) is 3.39. The second-order valence-corrected chi connectivity index (χ2v) is 7.12. The lowest BCUT2D eigenvalue weighted by Gasteiger charge is -2.14. The molecule has 23 heavy (non-hydrogen) atoms. The van der Waals surface area contributed by atoms with Crippen molar-refractivity contribution in [3.05, 3.63) is 6.33 Å². The Morgan fingerprint density at radius 1 is 1.48 bits per heavy atom. The highest BCUT2D eigenvalue weighted by molar-refractivity contribution is 8.00. The zero-order chi connectivity index (χ0) is 16.7. The fraction of sp³-hybridized carbons (Fsp3) is 0.615. The molecule has 3 rings (SSSR count). The van der Waals surface area contributed by atoms with Gasteiger partial charge >= 0.3 is 0 Å². The molecule has 0 amide bonds. The van der Waals surface area contributed by atoms with Gasteiger partial charge < -0.3 is 20.7 Å². The number of aliphatic hydroxyl groups excluding tert-OH is 2. The van der Waals surface area contributed by atoms with Gasteiger partial charge in [0.15, 0.2) is 18.0 Å². The minimum absolute atomic E-state index is 0.225. The van der Waals surface area contributed by atoms with E-state index < -0.39 is 31.2 Å². The smallest absolute Gasteiger partial charge is 0.186 e. The Balaban J connectivity index is 2.10. The van der Waals surface area contributed by atoms with Crippen LogP contribution < -0.4 is 5.73 Å². The van der Waals surface area contributed by atoms with Crippen molar-refractivity contribution in [3.8, 4) is 0 Å². The van der Waals surface area contributed by atoms with E-state index in [1.165, 1.54) is 22.8 Å². The number of thioether (sulfide) groups is 1. The third-order valence-corrected chi connectivity index (χ3v) is 4.53. The molecule has 0 bridgehead atoms. The van der Waals surface area contributed by atoms with Gasteiger partial charge in [0.2, 0.25) is 0 Å². The average molecular weight is 343 g/mol. The summed E-state index contributed by atoms with van der Waals surface area (Å²) in [6, 6.07) is 0. The van der Waals surface area contributed by atoms with Crippen LogP contribution in [0.15, 0.2) is 11.4 Å². The summed E-state index contributed by atoms with van der Waals surface area (Å²) >= 11 is 1.45. The summed E-state index contributed by atoms with van der Waals surface area (Å²) in [6.07, 6.45) is -4.08. The highest BCUT2D eigenvalue weighted by atomic mass is 32.2. The molecule has 1 saturated heterocycles. The maximum atomic E-state index is 14.4. The monoisotopic (exact) mass is 343 g/mol. The standard InChI is InChI=1S/C13H18FN5O3S/c1-5(2)23-12-7-10(15)16-4-17-11(7)19(18-12)13-8(14)9(21)6(3-20)22-13/h4-6,8-9,13,20-21H,3H2,1-2H3,(H2,15,16,17)/t6-,8?,9-,13-/m1/s1. The number of halogens is 1. The molecule has 0 saturated carbocycles. The number of fused-ring (bicyclic) bond motifs is 1. The van der Waals surface area contributed by atoms with E-state index in [-0.39, 0.29) is 11.1 Å². The van der Waals surface area contributed by atoms with Gasteiger partial charge in [0.05, 0.1) is 12.0 Å². The maximum Gasteiger partial charge on any atom is 0.186 e. The van der Waals surface area contributed by atoms with Crippen molar-refractivity contribution in [2.75, 3.05) is 12.3 Å². The normalized spacial score (nSPS) is 28.1. The first-order chi connectivity index (χ1) is 10.9. The number of hydrogen-bond donors (Lipinski definition) is 3. The lowest BCUT2D eigenvalue weighted by molar-refractivity contribution is -0.0509. The van der Waals surface area contributed by atoms with Crippen LogP contribution in [0.25, 0.3) is 11.0 Å². The van der Waals surface area contributed by atoms with Gasteiger partial charge in [-0.3, -0.25) is 0 Å². The van der Waals surface area contributed by atoms with Crippen molar-refractivity contribution in [2.24, 2.45) is 0 Å². The average Bonchev–Trinajstić information content (AvgIpc) is 2.99. The maximum absolute atomic E-state index is 14.4. The van der Waals surface area contributed by atoms with Crippen molar-refractivity contribution in [1.82, 2.24) is 19.7 Å². The highest BCUT2D eigenvalue weighted by Crippen LogP contribution is 2.37. The first kappa shape index (κ1) is 16.4. The van der Waals surface area contributed by atoms with Crippen LogP contribution in [0, 0.1) is 0 Å². The zero-order valence-corrected chi connectivity index (χ0v) is 13.4. The number of aromatic nitrogens is 4. The summed E-state index contributed by atoms with van der Waals surface area (Å²) in [5, 5.41) is 24.7. The second kappa shape index (κ2) is 6.19. The molecule has 4 atom stereocenters. The molecule has 1 fully saturated rings. The second-order valence-electron chi connectivity index (χ2n) is 5.56. The van der Waals surface area contributed by atoms with Crippen LogP contribution in [0.2, 0.25) is 0 Å². The molecule has 3 heterocycles. The summed E-state index contributed by atoms with van der Waals surface area (Å²) in [7, 11) is 0. The third-order valence-electron chi connectivity index (χ3n) is 3.55. The van der Waals surface area contributed by atoms with Gasteiger partial charge in [-0.25, -0.2) is 19.0 Å². The lowest BCUT2D eigenvalue weighted by Crippen LogP contribution is -2.30. The molecule has 4 N–H and O–H groups in total. The van der Waals surface area contributed by atoms with Crippen LogP contribution in [0.3, 0.4) is 0 Å². The summed E-state index contributed by atoms with van der Waals surface area (Å²) in [5.41, 5.74) is 6.25. The fourth-order valence-electron chi connectivity index (χ4n) is 2.50. The molecule has 8 nitrogen and oxygen atoms in total. The summed E-state index contributed by atoms with van der Waals surface area (Å²) in [6.45, 7) is 3.50. The van der Waals surface area contributed by atoms with E-state index in [0.29, 0.717) is 16.1 Å². The Kier molecular flexibility index (Phi) is 4.41. The summed E-state index contributed by atoms with van der Waals surface area (Å²) in [5.74, 6) is 0.247. The zero-order valence-electron chi connectivity index (χ0n) is 12.6. The number of ether oxygens (including phenoxy) is 1. The van der Waals surface area contributed by atoms with Gasteiger partial charge in [-0.2, -0.15) is 5.10 Å². The first-order valence-corrected chi connectivity index (χ1v) is 8.05. The number of hydrogen-bond acceptors (Lipinski definition) is 8. The third kappa shape index (κ3) is 2.75. The molecular weight excluding hydrogens is 325 g/mol. The van der Waals surface area contributed by atoms with Gasteiger partial charge in [-0.15, -0.1) is 11.8 Å². The highest BCUT2D eigenvalue weighted by Gasteiger charge is 2.46. The van der Waals surface area contributed by atoms with Crippen LogP contribution in [0.5, 0.6) is 0 Å². The van der Waals surface area contributed by atoms with E-state index in [0.717, 1.165) is 0 Å². The van der Waals surface area contributed by atoms with E-state index in [9.17, 15) is 9.50 Å². The van der Waals surface area contributed by atoms with Gasteiger partial charge in [0, 0.05) is 5.25 Å². The largest absolute Gasteiger partial charge is 0.394 e. The van der Waals surface area contributed by atoms with Gasteiger partial charge in [-0.1, -0.05) is 13.8 Å². The van der Waals surface area contributed by atoms with Crippen molar-refractivity contribution in [2.45, 2.75) is 48.7 Å². The van der Waals surface area contributed by atoms with Gasteiger partial charge in [0.1, 0.15) is 29.4 Å². The molecule has 126 valence electrons. The predicted molar refractivity (Wildman–Crippen MR) is 82.6 cm³/mol. The molecule has 0 aliphatic carbocycles. The Hall–Kier alpha value is -1.49. The number of anilines is 1. The number of nitrogen functional groups attached to an aromatic ring is 1. The number of rotatable bonds is 4. The van der Waals surface area contributed by atoms with Crippen molar-refractivity contribution in [3.63, 3.8) is 0 Å². The molecule has 0 radical (unpaired) electrons. The Bertz CT molecular complexity index is 712. The van der Waals surface area contributed by atoms with E-state index in [4.69, 9.17) is 15.6 Å². The number of alkyl halides is 1. The number of nitrogens with two attached hydrogens (primary N) is 1. The Labute approximate surface area is 135 Å². The van der Waals surface area contributed by atoms with E-state index in [1.807, 2.05) is 13.8 Å². The van der Waals surface area contributed by atoms with Crippen molar-refractivity contribution < 1.29 is 19.3 Å². The lowest BCUT2D eigenvalue weighted by atomic mass is 10.1. The number of aliphatic hydroxyl groups is 2. The molecule has 0 aromatic carbocycles. The molecule has 1 aliphatic rings. The topological polar surface area (TPSA) is 119 Å². The van der Waals surface area contributed by atoms with E-state index in [1.54, 1.807) is 0 Å². The minimum Gasteiger partial charge on any atom is -0.394 e. The minimum atomic E-state index is -1.73. The van der Waals surface area contributed by atoms with Gasteiger partial charge in [-0.05, 0) is 0 Å². The van der Waals surface area contributed by atoms with Crippen molar-refractivity contribution >= 4 is 28.6 Å². The van der Waals surface area contributed by atoms with E-state index in [2.05, 4.69) is 15.1 Å². The Morgan fingerprint density at radius 3 is 2.83 bits per heavy atom. The molecule has 1 unspecified atom stereocenters. The van der Waals surface area contributed by atoms with Crippen LogP contribution in [-0.4, -0.2) is 60.2 Å². The van der Waals surface area contributed by atoms with Crippen LogP contribution in [-0.2, 0) is 4.74 Å². The van der Waals surface area contributed by atoms with Crippen LogP contribution in [0.4, 0.5) is 10.2 Å². The Morgan fingerprint density at radius 2 is 2.22 bits per heavy atom. The molecule has 1 aliphatic heterocycles. The molecule has 2 aromatic rings. The molecule has 0 spiro atoms.